The lowest BCUT2D eigenvalue weighted by Gasteiger charge is -2.34. The average Bonchev–Trinajstić information content (AvgIpc) is 2.96. The number of carboxylic acids is 1. The zero-order valence-electron chi connectivity index (χ0n) is 24.6. The first-order chi connectivity index (χ1) is 19.3. The number of aliphatic carboxylic acids is 1. The molecule has 1 aliphatic rings. The van der Waals surface area contributed by atoms with Crippen LogP contribution in [0.5, 0.6) is 0 Å². The molecule has 220 valence electrons. The van der Waals surface area contributed by atoms with Gasteiger partial charge in [-0.3, -0.25) is 4.79 Å². The van der Waals surface area contributed by atoms with E-state index in [9.17, 15) is 14.7 Å². The topological polar surface area (TPSA) is 75.6 Å². The van der Waals surface area contributed by atoms with Crippen molar-refractivity contribution < 1.29 is 19.4 Å². The Morgan fingerprint density at radius 1 is 1.07 bits per heavy atom. The highest BCUT2D eigenvalue weighted by molar-refractivity contribution is 8.00. The first-order valence-corrected chi connectivity index (χ1v) is 17.2. The van der Waals surface area contributed by atoms with E-state index in [1.165, 1.54) is 50.7 Å². The van der Waals surface area contributed by atoms with Crippen LogP contribution in [0.4, 0.5) is 0 Å². The lowest BCUT2D eigenvalue weighted by atomic mass is 9.85. The number of benzene rings is 2. The van der Waals surface area contributed by atoms with Crippen molar-refractivity contribution >= 4 is 35.4 Å². The van der Waals surface area contributed by atoms with Gasteiger partial charge in [0.05, 0.1) is 12.7 Å². The number of carbonyl (C=O) groups is 2. The summed E-state index contributed by atoms with van der Waals surface area (Å²) in [4.78, 5) is 25.2. The molecule has 0 radical (unpaired) electrons. The summed E-state index contributed by atoms with van der Waals surface area (Å²) in [7, 11) is 0. The predicted octanol–water partition coefficient (Wildman–Crippen LogP) is 7.99. The lowest BCUT2D eigenvalue weighted by molar-refractivity contribution is -0.139. The number of rotatable bonds is 16. The number of carbonyl (C=O) groups excluding carboxylic acids is 1. The summed E-state index contributed by atoms with van der Waals surface area (Å²) >= 11 is 3.66. The van der Waals surface area contributed by atoms with Crippen LogP contribution in [-0.4, -0.2) is 52.1 Å². The molecular formula is C33H47NO4S2. The molecule has 1 saturated carbocycles. The SMILES string of the molecule is CCCCSC(C1CCCCC1)C(C)OCc1ccc(C(=O)N[C@@H](CCSC)C(=O)O)c(-c2ccccc2C)c1. The predicted molar refractivity (Wildman–Crippen MR) is 170 cm³/mol. The second kappa shape index (κ2) is 17.1. The summed E-state index contributed by atoms with van der Waals surface area (Å²) in [5.41, 5.74) is 4.33. The summed E-state index contributed by atoms with van der Waals surface area (Å²) in [6.07, 6.45) is 11.5. The van der Waals surface area contributed by atoms with Crippen molar-refractivity contribution in [3.05, 3.63) is 59.2 Å². The minimum atomic E-state index is -1.01. The van der Waals surface area contributed by atoms with E-state index in [0.29, 0.717) is 35.5 Å². The fourth-order valence-corrected chi connectivity index (χ4v) is 7.60. The number of aryl methyl sites for hydroxylation is 1. The molecule has 7 heteroatoms. The van der Waals surface area contributed by atoms with Gasteiger partial charge in [-0.25, -0.2) is 4.79 Å². The Morgan fingerprint density at radius 2 is 1.82 bits per heavy atom. The zero-order valence-corrected chi connectivity index (χ0v) is 26.3. The van der Waals surface area contributed by atoms with Crippen LogP contribution in [0, 0.1) is 12.8 Å². The standard InChI is InChI=1S/C33H47NO4S2/c1-5-6-19-40-31(26-13-8-7-9-14-26)24(3)38-22-25-16-17-28(29(21-25)27-15-11-10-12-23(27)2)32(35)34-30(33(36)37)18-20-39-4/h10-12,15-17,21,24,26,30-31H,5-9,13-14,18-20,22H2,1-4H3,(H,34,35)(H,36,37)/t24?,30-,31?/m0/s1. The minimum Gasteiger partial charge on any atom is -0.480 e. The maximum Gasteiger partial charge on any atom is 0.326 e. The van der Waals surface area contributed by atoms with Crippen molar-refractivity contribution in [2.45, 2.75) is 96.1 Å². The molecule has 0 saturated heterocycles. The van der Waals surface area contributed by atoms with Crippen molar-refractivity contribution in [2.75, 3.05) is 17.8 Å². The van der Waals surface area contributed by atoms with E-state index < -0.39 is 12.0 Å². The summed E-state index contributed by atoms with van der Waals surface area (Å²) in [5.74, 6) is 1.18. The molecule has 2 aromatic carbocycles. The molecule has 3 rings (SSSR count). The second-order valence-electron chi connectivity index (χ2n) is 10.9. The van der Waals surface area contributed by atoms with E-state index in [1.807, 2.05) is 55.6 Å². The number of ether oxygens (including phenoxy) is 1. The Hall–Kier alpha value is -1.96. The van der Waals surface area contributed by atoms with Crippen molar-refractivity contribution in [3.63, 3.8) is 0 Å². The van der Waals surface area contributed by atoms with Crippen LogP contribution in [0.2, 0.25) is 0 Å². The first kappa shape index (κ1) is 32.6. The molecule has 1 aliphatic carbocycles. The Morgan fingerprint density at radius 3 is 2.50 bits per heavy atom. The minimum absolute atomic E-state index is 0.141. The quantitative estimate of drug-likeness (QED) is 0.195. The van der Waals surface area contributed by atoms with Gasteiger partial charge in [-0.2, -0.15) is 23.5 Å². The van der Waals surface area contributed by atoms with Crippen molar-refractivity contribution in [3.8, 4) is 11.1 Å². The molecule has 3 atom stereocenters. The Bertz CT molecular complexity index is 1090. The van der Waals surface area contributed by atoms with Crippen LogP contribution in [0.3, 0.4) is 0 Å². The highest BCUT2D eigenvalue weighted by Gasteiger charge is 2.29. The highest BCUT2D eigenvalue weighted by atomic mass is 32.2. The molecule has 0 heterocycles. The monoisotopic (exact) mass is 585 g/mol. The Labute approximate surface area is 249 Å². The lowest BCUT2D eigenvalue weighted by Crippen LogP contribution is -2.41. The van der Waals surface area contributed by atoms with Crippen molar-refractivity contribution in [1.29, 1.82) is 0 Å². The summed E-state index contributed by atoms with van der Waals surface area (Å²) in [6.45, 7) is 6.98. The number of hydrogen-bond donors (Lipinski definition) is 2. The van der Waals surface area contributed by atoms with Gasteiger partial charge >= 0.3 is 5.97 Å². The smallest absolute Gasteiger partial charge is 0.326 e. The molecule has 2 unspecified atom stereocenters. The largest absolute Gasteiger partial charge is 0.480 e. The number of nitrogens with one attached hydrogen (secondary N) is 1. The maximum absolute atomic E-state index is 13.4. The maximum atomic E-state index is 13.4. The molecular weight excluding hydrogens is 539 g/mol. The van der Waals surface area contributed by atoms with Gasteiger partial charge in [0, 0.05) is 10.8 Å². The Balaban J connectivity index is 1.82. The molecule has 0 aliphatic heterocycles. The molecule has 0 aromatic heterocycles. The van der Waals surface area contributed by atoms with Gasteiger partial charge in [0.25, 0.3) is 5.91 Å². The van der Waals surface area contributed by atoms with Crippen LogP contribution < -0.4 is 5.32 Å². The van der Waals surface area contributed by atoms with Crippen molar-refractivity contribution in [1.82, 2.24) is 5.32 Å². The van der Waals surface area contributed by atoms with Gasteiger partial charge in [0.1, 0.15) is 6.04 Å². The van der Waals surface area contributed by atoms with Crippen LogP contribution in [-0.2, 0) is 16.1 Å². The van der Waals surface area contributed by atoms with Gasteiger partial charge in [0.15, 0.2) is 0 Å². The highest BCUT2D eigenvalue weighted by Crippen LogP contribution is 2.36. The number of thioether (sulfide) groups is 2. The second-order valence-corrected chi connectivity index (χ2v) is 13.2. The zero-order chi connectivity index (χ0) is 28.9. The molecule has 2 aromatic rings. The van der Waals surface area contributed by atoms with E-state index in [2.05, 4.69) is 30.9 Å². The first-order valence-electron chi connectivity index (χ1n) is 14.8. The van der Waals surface area contributed by atoms with Gasteiger partial charge < -0.3 is 15.2 Å². The van der Waals surface area contributed by atoms with E-state index in [1.54, 1.807) is 11.8 Å². The third kappa shape index (κ3) is 9.56. The van der Waals surface area contributed by atoms with Gasteiger partial charge in [0.2, 0.25) is 0 Å². The number of carboxylic acid groups (broad SMARTS) is 1. The molecule has 40 heavy (non-hydrogen) atoms. The molecule has 0 bridgehead atoms. The fourth-order valence-electron chi connectivity index (χ4n) is 5.51. The van der Waals surface area contributed by atoms with E-state index >= 15 is 0 Å². The van der Waals surface area contributed by atoms with Crippen LogP contribution in [0.15, 0.2) is 42.5 Å². The molecule has 0 spiro atoms. The van der Waals surface area contributed by atoms with Gasteiger partial charge in [-0.1, -0.05) is 62.9 Å². The number of unbranched alkanes of at least 4 members (excludes halogenated alkanes) is 1. The molecule has 5 nitrogen and oxygen atoms in total. The number of amides is 1. The van der Waals surface area contributed by atoms with Crippen LogP contribution in [0.1, 0.15) is 86.7 Å². The van der Waals surface area contributed by atoms with E-state index in [-0.39, 0.29) is 12.0 Å². The molecule has 1 amide bonds. The van der Waals surface area contributed by atoms with Crippen molar-refractivity contribution in [2.24, 2.45) is 5.92 Å². The summed E-state index contributed by atoms with van der Waals surface area (Å²) < 4.78 is 6.53. The van der Waals surface area contributed by atoms with Crippen LogP contribution >= 0.6 is 23.5 Å². The average molecular weight is 586 g/mol. The molecule has 1 fully saturated rings. The van der Waals surface area contributed by atoms with Gasteiger partial charge in [-0.15, -0.1) is 0 Å². The Kier molecular flexibility index (Phi) is 13.9. The third-order valence-corrected chi connectivity index (χ3v) is 10.2. The third-order valence-electron chi connectivity index (χ3n) is 7.88. The van der Waals surface area contributed by atoms with E-state index in [4.69, 9.17) is 4.74 Å². The summed E-state index contributed by atoms with van der Waals surface area (Å²) in [5, 5.41) is 12.9. The van der Waals surface area contributed by atoms with Crippen LogP contribution in [0.25, 0.3) is 11.1 Å². The summed E-state index contributed by atoms with van der Waals surface area (Å²) in [6, 6.07) is 12.9. The molecule has 2 N–H and O–H groups in total. The van der Waals surface area contributed by atoms with E-state index in [0.717, 1.165) is 22.3 Å². The fraction of sp³-hybridized carbons (Fsp3) is 0.576. The normalized spacial score (nSPS) is 16.3. The number of hydrogen-bond acceptors (Lipinski definition) is 5. The van der Waals surface area contributed by atoms with Gasteiger partial charge in [-0.05, 0) is 97.6 Å².